The molecule has 0 amide bonds. The molecule has 0 spiro atoms. The first-order chi connectivity index (χ1) is 9.79. The molecule has 3 nitrogen and oxygen atoms in total. The summed E-state index contributed by atoms with van der Waals surface area (Å²) in [5.74, 6) is 0. The lowest BCUT2D eigenvalue weighted by atomic mass is 10.1. The standard InChI is InChI=1S/C16H19ClN2O/c17-16-6-2-1-5-15(16)7-9-19(10-11-20)13-14-4-3-8-18-12-14/h1-6,8,12,20H,7,9-11,13H2. The number of aliphatic hydroxyl groups is 1. The molecule has 0 aliphatic carbocycles. The second kappa shape index (κ2) is 8.00. The van der Waals surface area contributed by atoms with E-state index in [1.165, 1.54) is 0 Å². The van der Waals surface area contributed by atoms with Gasteiger partial charge in [-0.25, -0.2) is 0 Å². The second-order valence-electron chi connectivity index (χ2n) is 4.70. The lowest BCUT2D eigenvalue weighted by Crippen LogP contribution is -2.28. The molecule has 0 fully saturated rings. The molecule has 1 aromatic carbocycles. The SMILES string of the molecule is OCCN(CCc1ccccc1Cl)Cc1cccnc1. The zero-order valence-corrected chi connectivity index (χ0v) is 12.1. The van der Waals surface area contributed by atoms with Crippen molar-refractivity contribution in [3.8, 4) is 0 Å². The molecular weight excluding hydrogens is 272 g/mol. The lowest BCUT2D eigenvalue weighted by molar-refractivity contribution is 0.191. The number of aromatic nitrogens is 1. The van der Waals surface area contributed by atoms with Gasteiger partial charge in [-0.05, 0) is 29.7 Å². The summed E-state index contributed by atoms with van der Waals surface area (Å²) >= 11 is 6.17. The smallest absolute Gasteiger partial charge is 0.0558 e. The molecule has 0 bridgehead atoms. The van der Waals surface area contributed by atoms with E-state index in [0.29, 0.717) is 6.54 Å². The predicted octanol–water partition coefficient (Wildman–Crippen LogP) is 2.77. The van der Waals surface area contributed by atoms with Gasteiger partial charge in [0, 0.05) is 37.1 Å². The van der Waals surface area contributed by atoms with Crippen molar-refractivity contribution in [1.29, 1.82) is 0 Å². The average molecular weight is 291 g/mol. The Morgan fingerprint density at radius 2 is 1.95 bits per heavy atom. The number of halogens is 1. The molecule has 1 N–H and O–H groups in total. The van der Waals surface area contributed by atoms with E-state index in [9.17, 15) is 5.11 Å². The van der Waals surface area contributed by atoms with Crippen molar-refractivity contribution in [3.05, 3.63) is 64.9 Å². The Labute approximate surface area is 124 Å². The molecule has 1 aromatic heterocycles. The van der Waals surface area contributed by atoms with Gasteiger partial charge in [-0.1, -0.05) is 35.9 Å². The highest BCUT2D eigenvalue weighted by molar-refractivity contribution is 6.31. The quantitative estimate of drug-likeness (QED) is 0.852. The Morgan fingerprint density at radius 3 is 2.65 bits per heavy atom. The molecule has 0 unspecified atom stereocenters. The van der Waals surface area contributed by atoms with Crippen LogP contribution in [-0.4, -0.2) is 34.7 Å². The van der Waals surface area contributed by atoms with Gasteiger partial charge in [0.25, 0.3) is 0 Å². The van der Waals surface area contributed by atoms with Gasteiger partial charge in [0.2, 0.25) is 0 Å². The summed E-state index contributed by atoms with van der Waals surface area (Å²) in [4.78, 5) is 6.33. The summed E-state index contributed by atoms with van der Waals surface area (Å²) in [6.45, 7) is 2.46. The van der Waals surface area contributed by atoms with Crippen molar-refractivity contribution in [2.24, 2.45) is 0 Å². The molecule has 2 rings (SSSR count). The van der Waals surface area contributed by atoms with Crippen molar-refractivity contribution < 1.29 is 5.11 Å². The molecule has 4 heteroatoms. The molecular formula is C16H19ClN2O. The third-order valence-electron chi connectivity index (χ3n) is 3.20. The Hall–Kier alpha value is -1.42. The highest BCUT2D eigenvalue weighted by atomic mass is 35.5. The van der Waals surface area contributed by atoms with Gasteiger partial charge >= 0.3 is 0 Å². The molecule has 20 heavy (non-hydrogen) atoms. The van der Waals surface area contributed by atoms with Crippen LogP contribution in [0.5, 0.6) is 0 Å². The van der Waals surface area contributed by atoms with Crippen LogP contribution >= 0.6 is 11.6 Å². The van der Waals surface area contributed by atoms with Gasteiger partial charge in [-0.2, -0.15) is 0 Å². The fourth-order valence-corrected chi connectivity index (χ4v) is 2.37. The van der Waals surface area contributed by atoms with Crippen molar-refractivity contribution >= 4 is 11.6 Å². The minimum absolute atomic E-state index is 0.156. The van der Waals surface area contributed by atoms with Gasteiger partial charge in [0.05, 0.1) is 6.61 Å². The summed E-state index contributed by atoms with van der Waals surface area (Å²) in [6, 6.07) is 11.9. The van der Waals surface area contributed by atoms with Crippen LogP contribution in [0, 0.1) is 0 Å². The van der Waals surface area contributed by atoms with Crippen LogP contribution in [0.4, 0.5) is 0 Å². The van der Waals surface area contributed by atoms with Crippen LogP contribution in [0.3, 0.4) is 0 Å². The lowest BCUT2D eigenvalue weighted by Gasteiger charge is -2.21. The minimum Gasteiger partial charge on any atom is -0.395 e. The van der Waals surface area contributed by atoms with Gasteiger partial charge in [-0.15, -0.1) is 0 Å². The van der Waals surface area contributed by atoms with Crippen LogP contribution in [0.25, 0.3) is 0 Å². The van der Waals surface area contributed by atoms with Crippen molar-refractivity contribution in [1.82, 2.24) is 9.88 Å². The van der Waals surface area contributed by atoms with Gasteiger partial charge in [0.15, 0.2) is 0 Å². The fourth-order valence-electron chi connectivity index (χ4n) is 2.14. The first kappa shape index (κ1) is 15.0. The van der Waals surface area contributed by atoms with Gasteiger partial charge in [-0.3, -0.25) is 9.88 Å². The van der Waals surface area contributed by atoms with E-state index in [4.69, 9.17) is 11.6 Å². The fraction of sp³-hybridized carbons (Fsp3) is 0.312. The molecule has 0 atom stereocenters. The second-order valence-corrected chi connectivity index (χ2v) is 5.11. The molecule has 0 aliphatic heterocycles. The maximum absolute atomic E-state index is 9.18. The Balaban J connectivity index is 1.94. The van der Waals surface area contributed by atoms with Gasteiger partial charge < -0.3 is 5.11 Å². The first-order valence-electron chi connectivity index (χ1n) is 6.75. The summed E-state index contributed by atoms with van der Waals surface area (Å²) in [6.07, 6.45) is 4.50. The third-order valence-corrected chi connectivity index (χ3v) is 3.57. The van der Waals surface area contributed by atoms with E-state index in [2.05, 4.69) is 9.88 Å². The maximum atomic E-state index is 9.18. The summed E-state index contributed by atoms with van der Waals surface area (Å²) in [7, 11) is 0. The Bertz CT molecular complexity index is 519. The van der Waals surface area contributed by atoms with E-state index in [0.717, 1.165) is 35.7 Å². The van der Waals surface area contributed by atoms with E-state index in [1.54, 1.807) is 6.20 Å². The number of hydrogen-bond donors (Lipinski definition) is 1. The molecule has 106 valence electrons. The number of nitrogens with zero attached hydrogens (tertiary/aromatic N) is 2. The third kappa shape index (κ3) is 4.60. The van der Waals surface area contributed by atoms with Crippen LogP contribution in [0.2, 0.25) is 5.02 Å². The van der Waals surface area contributed by atoms with E-state index < -0.39 is 0 Å². The van der Waals surface area contributed by atoms with E-state index in [-0.39, 0.29) is 6.61 Å². The molecule has 0 aliphatic rings. The van der Waals surface area contributed by atoms with Crippen LogP contribution in [0.15, 0.2) is 48.8 Å². The maximum Gasteiger partial charge on any atom is 0.0558 e. The van der Waals surface area contributed by atoms with Gasteiger partial charge in [0.1, 0.15) is 0 Å². The number of rotatable bonds is 7. The molecule has 1 heterocycles. The summed E-state index contributed by atoms with van der Waals surface area (Å²) < 4.78 is 0. The van der Waals surface area contributed by atoms with Crippen LogP contribution in [-0.2, 0) is 13.0 Å². The number of aliphatic hydroxyl groups excluding tert-OH is 1. The van der Waals surface area contributed by atoms with Crippen molar-refractivity contribution in [3.63, 3.8) is 0 Å². The molecule has 0 saturated heterocycles. The number of pyridine rings is 1. The van der Waals surface area contributed by atoms with Crippen molar-refractivity contribution in [2.75, 3.05) is 19.7 Å². The zero-order chi connectivity index (χ0) is 14.2. The molecule has 0 radical (unpaired) electrons. The largest absolute Gasteiger partial charge is 0.395 e. The average Bonchev–Trinajstić information content (AvgIpc) is 2.47. The summed E-state index contributed by atoms with van der Waals surface area (Å²) in [5, 5.41) is 9.99. The highest BCUT2D eigenvalue weighted by Crippen LogP contribution is 2.16. The van der Waals surface area contributed by atoms with Crippen LogP contribution in [0.1, 0.15) is 11.1 Å². The minimum atomic E-state index is 0.156. The van der Waals surface area contributed by atoms with E-state index in [1.807, 2.05) is 42.6 Å². The molecule has 0 saturated carbocycles. The Kier molecular flexibility index (Phi) is 5.99. The summed E-state index contributed by atoms with van der Waals surface area (Å²) in [5.41, 5.74) is 2.29. The Morgan fingerprint density at radius 1 is 1.10 bits per heavy atom. The van der Waals surface area contributed by atoms with E-state index >= 15 is 0 Å². The normalized spacial score (nSPS) is 10.9. The molecule has 2 aromatic rings. The number of benzene rings is 1. The highest BCUT2D eigenvalue weighted by Gasteiger charge is 2.07. The van der Waals surface area contributed by atoms with Crippen molar-refractivity contribution in [2.45, 2.75) is 13.0 Å². The monoisotopic (exact) mass is 290 g/mol. The first-order valence-corrected chi connectivity index (χ1v) is 7.13. The topological polar surface area (TPSA) is 36.4 Å². The number of hydrogen-bond acceptors (Lipinski definition) is 3. The zero-order valence-electron chi connectivity index (χ0n) is 11.4. The predicted molar refractivity (Wildman–Crippen MR) is 81.8 cm³/mol. The van der Waals surface area contributed by atoms with Crippen LogP contribution < -0.4 is 0 Å².